The molecule has 1 saturated heterocycles. The molecule has 186 valence electrons. The number of halogens is 1. The van der Waals surface area contributed by atoms with Crippen molar-refractivity contribution in [2.45, 2.75) is 57.7 Å². The molecule has 0 spiro atoms. The van der Waals surface area contributed by atoms with Gasteiger partial charge in [0.25, 0.3) is 0 Å². The van der Waals surface area contributed by atoms with Crippen molar-refractivity contribution in [2.75, 3.05) is 43.4 Å². The number of anilines is 2. The zero-order chi connectivity index (χ0) is 24.3. The van der Waals surface area contributed by atoms with Gasteiger partial charge in [0.15, 0.2) is 0 Å². The van der Waals surface area contributed by atoms with Crippen LogP contribution >= 0.6 is 11.6 Å². The largest absolute Gasteiger partial charge is 0.489 e. The first-order valence-electron chi connectivity index (χ1n) is 12.4. The van der Waals surface area contributed by atoms with Gasteiger partial charge in [-0.25, -0.2) is 0 Å². The molecule has 1 heterocycles. The van der Waals surface area contributed by atoms with E-state index in [1.165, 1.54) is 18.5 Å². The molecule has 1 amide bonds. The Labute approximate surface area is 209 Å². The Balaban J connectivity index is 0.000000302. The van der Waals surface area contributed by atoms with Crippen molar-refractivity contribution in [1.82, 2.24) is 10.2 Å². The summed E-state index contributed by atoms with van der Waals surface area (Å²) in [6, 6.07) is 17.1. The molecule has 2 aromatic carbocycles. The fourth-order valence-electron chi connectivity index (χ4n) is 4.77. The first-order valence-corrected chi connectivity index (χ1v) is 12.8. The van der Waals surface area contributed by atoms with Gasteiger partial charge in [-0.3, -0.25) is 9.69 Å². The quantitative estimate of drug-likeness (QED) is 0.537. The lowest BCUT2D eigenvalue weighted by Gasteiger charge is -2.42. The van der Waals surface area contributed by atoms with E-state index < -0.39 is 0 Å². The Morgan fingerprint density at radius 2 is 1.62 bits per heavy atom. The number of carbonyl (C=O) groups is 1. The van der Waals surface area contributed by atoms with E-state index in [0.717, 1.165) is 61.9 Å². The van der Waals surface area contributed by atoms with Gasteiger partial charge in [-0.2, -0.15) is 0 Å². The summed E-state index contributed by atoms with van der Waals surface area (Å²) in [7, 11) is 1.85. The van der Waals surface area contributed by atoms with Crippen LogP contribution in [-0.2, 0) is 4.79 Å². The van der Waals surface area contributed by atoms with Crippen LogP contribution in [0.2, 0.25) is 5.02 Å². The molecular formula is C27H39ClN4O2. The molecule has 0 unspecified atom stereocenters. The molecule has 1 aliphatic carbocycles. The molecule has 0 bridgehead atoms. The molecule has 1 saturated carbocycles. The maximum Gasteiger partial charge on any atom is 0.207 e. The van der Waals surface area contributed by atoms with Crippen molar-refractivity contribution in [2.24, 2.45) is 0 Å². The summed E-state index contributed by atoms with van der Waals surface area (Å²) in [5.74, 6) is 0.992. The Morgan fingerprint density at radius 3 is 2.21 bits per heavy atom. The molecule has 2 fully saturated rings. The van der Waals surface area contributed by atoms with Gasteiger partial charge in [-0.15, -0.1) is 0 Å². The Bertz CT molecular complexity index is 878. The summed E-state index contributed by atoms with van der Waals surface area (Å²) in [6.45, 7) is 8.45. The van der Waals surface area contributed by atoms with Crippen LogP contribution in [0, 0.1) is 0 Å². The third-order valence-corrected chi connectivity index (χ3v) is 6.87. The van der Waals surface area contributed by atoms with Crippen LogP contribution in [-0.4, -0.2) is 62.7 Å². The zero-order valence-corrected chi connectivity index (χ0v) is 21.4. The van der Waals surface area contributed by atoms with E-state index >= 15 is 0 Å². The second kappa shape index (κ2) is 13.4. The smallest absolute Gasteiger partial charge is 0.207 e. The van der Waals surface area contributed by atoms with Crippen molar-refractivity contribution >= 4 is 29.4 Å². The summed E-state index contributed by atoms with van der Waals surface area (Å²) >= 11 is 5.76. The molecule has 0 radical (unpaired) electrons. The van der Waals surface area contributed by atoms with Crippen molar-refractivity contribution in [3.63, 3.8) is 0 Å². The standard InChI is InChI=1S/C20H31N3O2.C7H8ClN/c1-16(2)25-20-6-4-3-5-19(20)23-13-11-22(12-14-23)18-9-7-17(8-10-18)21-15-24;1-9-7-5-3-2-4-6(7)8/h3-6,15-18H,7-14H2,1-2H3,(H,21,24);2-5,9H,1H3. The average Bonchev–Trinajstić information content (AvgIpc) is 2.86. The fraction of sp³-hybridized carbons (Fsp3) is 0.519. The lowest BCUT2D eigenvalue weighted by atomic mass is 9.90. The van der Waals surface area contributed by atoms with E-state index in [1.54, 1.807) is 0 Å². The Hall–Kier alpha value is -2.44. The highest BCUT2D eigenvalue weighted by Crippen LogP contribution is 2.31. The number of piperazine rings is 1. The lowest BCUT2D eigenvalue weighted by molar-refractivity contribution is -0.110. The first-order chi connectivity index (χ1) is 16.5. The van der Waals surface area contributed by atoms with E-state index in [2.05, 4.69) is 52.5 Å². The second-order valence-electron chi connectivity index (χ2n) is 9.18. The number of nitrogens with zero attached hydrogens (tertiary/aromatic N) is 2. The number of amides is 1. The van der Waals surface area contributed by atoms with Crippen molar-refractivity contribution in [1.29, 1.82) is 0 Å². The van der Waals surface area contributed by atoms with Crippen molar-refractivity contribution in [3.8, 4) is 5.75 Å². The van der Waals surface area contributed by atoms with E-state index in [4.69, 9.17) is 16.3 Å². The second-order valence-corrected chi connectivity index (χ2v) is 9.58. The van der Waals surface area contributed by atoms with Crippen LogP contribution in [0.5, 0.6) is 5.75 Å². The van der Waals surface area contributed by atoms with E-state index in [9.17, 15) is 4.79 Å². The topological polar surface area (TPSA) is 56.8 Å². The van der Waals surface area contributed by atoms with E-state index in [-0.39, 0.29) is 6.10 Å². The summed E-state index contributed by atoms with van der Waals surface area (Å²) < 4.78 is 5.99. The molecule has 4 rings (SSSR count). The molecule has 6 nitrogen and oxygen atoms in total. The van der Waals surface area contributed by atoms with Crippen molar-refractivity contribution < 1.29 is 9.53 Å². The molecule has 2 aromatic rings. The Kier molecular flexibility index (Phi) is 10.4. The molecule has 1 aliphatic heterocycles. The molecular weight excluding hydrogens is 448 g/mol. The minimum absolute atomic E-state index is 0.192. The van der Waals surface area contributed by atoms with Gasteiger partial charge in [0.05, 0.1) is 22.5 Å². The summed E-state index contributed by atoms with van der Waals surface area (Å²) in [6.07, 6.45) is 5.64. The third-order valence-electron chi connectivity index (χ3n) is 6.54. The lowest BCUT2D eigenvalue weighted by Crippen LogP contribution is -2.52. The van der Waals surface area contributed by atoms with Crippen LogP contribution < -0.4 is 20.3 Å². The minimum atomic E-state index is 0.192. The van der Waals surface area contributed by atoms with Crippen LogP contribution in [0.25, 0.3) is 0 Å². The highest BCUT2D eigenvalue weighted by molar-refractivity contribution is 6.33. The summed E-state index contributed by atoms with van der Waals surface area (Å²) in [4.78, 5) is 15.7. The van der Waals surface area contributed by atoms with Gasteiger partial charge in [0, 0.05) is 45.3 Å². The number of nitrogens with one attached hydrogen (secondary N) is 2. The van der Waals surface area contributed by atoms with Gasteiger partial charge < -0.3 is 20.3 Å². The molecule has 2 N–H and O–H groups in total. The monoisotopic (exact) mass is 486 g/mol. The van der Waals surface area contributed by atoms with Gasteiger partial charge in [-0.05, 0) is 63.8 Å². The molecule has 34 heavy (non-hydrogen) atoms. The predicted octanol–water partition coefficient (Wildman–Crippen LogP) is 5.03. The predicted molar refractivity (Wildman–Crippen MR) is 142 cm³/mol. The van der Waals surface area contributed by atoms with E-state index in [0.29, 0.717) is 12.1 Å². The molecule has 7 heteroatoms. The van der Waals surface area contributed by atoms with Crippen LogP contribution in [0.3, 0.4) is 0 Å². The minimum Gasteiger partial charge on any atom is -0.489 e. The van der Waals surface area contributed by atoms with Gasteiger partial charge >= 0.3 is 0 Å². The maximum atomic E-state index is 10.6. The SMILES string of the molecule is CC(C)Oc1ccccc1N1CCN(C2CCC(NC=O)CC2)CC1.CNc1ccccc1Cl. The number of ether oxygens (including phenoxy) is 1. The Morgan fingerprint density at radius 1 is 0.971 bits per heavy atom. The number of para-hydroxylation sites is 3. The van der Waals surface area contributed by atoms with E-state index in [1.807, 2.05) is 37.4 Å². The van der Waals surface area contributed by atoms with Crippen LogP contribution in [0.4, 0.5) is 11.4 Å². The number of hydrogen-bond donors (Lipinski definition) is 2. The molecule has 0 aromatic heterocycles. The average molecular weight is 487 g/mol. The zero-order valence-electron chi connectivity index (χ0n) is 20.7. The molecule has 0 atom stereocenters. The third kappa shape index (κ3) is 7.54. The number of rotatable bonds is 7. The van der Waals surface area contributed by atoms with Gasteiger partial charge in [0.1, 0.15) is 5.75 Å². The number of hydrogen-bond acceptors (Lipinski definition) is 5. The van der Waals surface area contributed by atoms with Crippen molar-refractivity contribution in [3.05, 3.63) is 53.6 Å². The van der Waals surface area contributed by atoms with Gasteiger partial charge in [-0.1, -0.05) is 35.9 Å². The summed E-state index contributed by atoms with van der Waals surface area (Å²) in [5, 5.41) is 6.66. The first kappa shape index (κ1) is 26.2. The number of carbonyl (C=O) groups excluding carboxylic acids is 1. The highest BCUT2D eigenvalue weighted by Gasteiger charge is 2.28. The highest BCUT2D eigenvalue weighted by atomic mass is 35.5. The van der Waals surface area contributed by atoms with Crippen LogP contribution in [0.15, 0.2) is 48.5 Å². The van der Waals surface area contributed by atoms with Gasteiger partial charge in [0.2, 0.25) is 6.41 Å². The fourth-order valence-corrected chi connectivity index (χ4v) is 5.00. The van der Waals surface area contributed by atoms with Crippen LogP contribution in [0.1, 0.15) is 39.5 Å². The number of benzene rings is 2. The summed E-state index contributed by atoms with van der Waals surface area (Å²) in [5.41, 5.74) is 2.19. The maximum absolute atomic E-state index is 10.6. The normalized spacial score (nSPS) is 20.8. The molecule has 2 aliphatic rings.